The molecule has 1 aromatic carbocycles. The molecule has 1 fully saturated rings. The monoisotopic (exact) mass is 294 g/mol. The van der Waals surface area contributed by atoms with E-state index in [1.807, 2.05) is 12.1 Å². The minimum atomic E-state index is -3.40. The van der Waals surface area contributed by atoms with Crippen LogP contribution in [-0.2, 0) is 20.0 Å². The van der Waals surface area contributed by atoms with Crippen molar-refractivity contribution in [1.82, 2.24) is 0 Å². The summed E-state index contributed by atoms with van der Waals surface area (Å²) >= 11 is 0. The molecule has 0 amide bonds. The van der Waals surface area contributed by atoms with Crippen LogP contribution < -0.4 is 0 Å². The first-order chi connectivity index (χ1) is 9.14. The summed E-state index contributed by atoms with van der Waals surface area (Å²) < 4.78 is 25.2. The summed E-state index contributed by atoms with van der Waals surface area (Å²) in [6, 6.07) is 7.08. The van der Waals surface area contributed by atoms with Gasteiger partial charge in [-0.2, -0.15) is 0 Å². The maximum Gasteiger partial charge on any atom is 0.181 e. The maximum absolute atomic E-state index is 12.6. The van der Waals surface area contributed by atoms with Crippen LogP contribution in [0.4, 0.5) is 0 Å². The van der Waals surface area contributed by atoms with E-state index in [0.717, 1.165) is 5.56 Å². The number of hydrogen-bond acceptors (Lipinski definition) is 3. The van der Waals surface area contributed by atoms with Gasteiger partial charge in [-0.1, -0.05) is 39.8 Å². The van der Waals surface area contributed by atoms with Gasteiger partial charge >= 0.3 is 0 Å². The fourth-order valence-electron chi connectivity index (χ4n) is 2.71. The van der Waals surface area contributed by atoms with Gasteiger partial charge in [0.1, 0.15) is 5.78 Å². The highest BCUT2D eigenvalue weighted by molar-refractivity contribution is 7.92. The van der Waals surface area contributed by atoms with Crippen molar-refractivity contribution in [1.29, 1.82) is 0 Å². The molecule has 0 aliphatic heterocycles. The highest BCUT2D eigenvalue weighted by Gasteiger charge is 2.40. The van der Waals surface area contributed by atoms with Gasteiger partial charge in [-0.3, -0.25) is 4.79 Å². The van der Waals surface area contributed by atoms with Crippen molar-refractivity contribution in [2.75, 3.05) is 0 Å². The molecule has 1 saturated carbocycles. The molecule has 0 N–H and O–H groups in total. The van der Waals surface area contributed by atoms with E-state index >= 15 is 0 Å². The van der Waals surface area contributed by atoms with Crippen LogP contribution in [0.2, 0.25) is 0 Å². The van der Waals surface area contributed by atoms with Crippen molar-refractivity contribution in [2.45, 2.75) is 56.1 Å². The van der Waals surface area contributed by atoms with Gasteiger partial charge in [-0.15, -0.1) is 0 Å². The van der Waals surface area contributed by atoms with E-state index in [0.29, 0.717) is 17.7 Å². The Balaban J connectivity index is 2.34. The minimum absolute atomic E-state index is 0.00108. The summed E-state index contributed by atoms with van der Waals surface area (Å²) in [5.74, 6) is -0.327. The Morgan fingerprint density at radius 2 is 1.65 bits per heavy atom. The van der Waals surface area contributed by atoms with Crippen molar-refractivity contribution < 1.29 is 13.2 Å². The van der Waals surface area contributed by atoms with Crippen LogP contribution in [0, 0.1) is 5.92 Å². The molecule has 110 valence electrons. The Bertz CT molecular complexity index is 606. The average molecular weight is 294 g/mol. The summed E-state index contributed by atoms with van der Waals surface area (Å²) in [5.41, 5.74) is 1.10. The lowest BCUT2D eigenvalue weighted by Gasteiger charge is -2.20. The Kier molecular flexibility index (Phi) is 3.80. The van der Waals surface area contributed by atoms with E-state index in [4.69, 9.17) is 0 Å². The predicted octanol–water partition coefficient (Wildman–Crippen LogP) is 3.13. The van der Waals surface area contributed by atoms with Gasteiger partial charge in [-0.25, -0.2) is 8.42 Å². The number of hydrogen-bond donors (Lipinski definition) is 0. The molecule has 0 radical (unpaired) electrons. The Morgan fingerprint density at radius 1 is 1.10 bits per heavy atom. The maximum atomic E-state index is 12.6. The summed E-state index contributed by atoms with van der Waals surface area (Å²) in [6.07, 6.45) is 0.828. The smallest absolute Gasteiger partial charge is 0.181 e. The Morgan fingerprint density at radius 3 is 2.05 bits per heavy atom. The number of carbonyl (C=O) groups is 1. The number of benzene rings is 1. The SMILES string of the molecule is CC1C(=O)CCC1S(=O)(=O)c1ccc(C(C)(C)C)cc1. The average Bonchev–Trinajstić information content (AvgIpc) is 2.69. The molecule has 0 bridgehead atoms. The van der Waals surface area contributed by atoms with Crippen LogP contribution in [0.5, 0.6) is 0 Å². The number of carbonyl (C=O) groups excluding carboxylic acids is 1. The molecule has 2 rings (SSSR count). The molecule has 3 nitrogen and oxygen atoms in total. The lowest BCUT2D eigenvalue weighted by Crippen LogP contribution is -2.26. The summed E-state index contributed by atoms with van der Waals surface area (Å²) in [7, 11) is -3.40. The van der Waals surface area contributed by atoms with Crippen molar-refractivity contribution in [3.8, 4) is 0 Å². The van der Waals surface area contributed by atoms with E-state index in [2.05, 4.69) is 20.8 Å². The summed E-state index contributed by atoms with van der Waals surface area (Å²) in [4.78, 5) is 11.9. The van der Waals surface area contributed by atoms with Gasteiger partial charge in [0.25, 0.3) is 0 Å². The molecular weight excluding hydrogens is 272 g/mol. The zero-order valence-corrected chi connectivity index (χ0v) is 13.3. The Labute approximate surface area is 121 Å². The van der Waals surface area contributed by atoms with Crippen LogP contribution in [0.1, 0.15) is 46.1 Å². The quantitative estimate of drug-likeness (QED) is 0.842. The third-order valence-corrected chi connectivity index (χ3v) is 6.56. The number of rotatable bonds is 2. The molecular formula is C16H22O3S. The molecule has 0 aromatic heterocycles. The summed E-state index contributed by atoms with van der Waals surface area (Å²) in [6.45, 7) is 8.00. The Hall–Kier alpha value is -1.16. The highest BCUT2D eigenvalue weighted by Crippen LogP contribution is 2.33. The molecule has 20 heavy (non-hydrogen) atoms. The first-order valence-electron chi connectivity index (χ1n) is 7.01. The fourth-order valence-corrected chi connectivity index (χ4v) is 4.70. The van der Waals surface area contributed by atoms with Gasteiger partial charge in [0, 0.05) is 12.3 Å². The van der Waals surface area contributed by atoms with E-state index < -0.39 is 15.1 Å². The first-order valence-corrected chi connectivity index (χ1v) is 8.56. The van der Waals surface area contributed by atoms with Crippen molar-refractivity contribution in [3.63, 3.8) is 0 Å². The van der Waals surface area contributed by atoms with E-state index in [-0.39, 0.29) is 17.1 Å². The fraction of sp³-hybridized carbons (Fsp3) is 0.562. The van der Waals surface area contributed by atoms with Gasteiger partial charge in [0.05, 0.1) is 10.1 Å². The molecule has 1 aromatic rings. The first kappa shape index (κ1) is 15.2. The van der Waals surface area contributed by atoms with Crippen molar-refractivity contribution >= 4 is 15.6 Å². The molecule has 2 atom stereocenters. The van der Waals surface area contributed by atoms with Crippen molar-refractivity contribution in [3.05, 3.63) is 29.8 Å². The second-order valence-corrected chi connectivity index (χ2v) is 8.82. The van der Waals surface area contributed by atoms with E-state index in [9.17, 15) is 13.2 Å². The zero-order chi connectivity index (χ0) is 15.1. The number of sulfone groups is 1. The van der Waals surface area contributed by atoms with Crippen molar-refractivity contribution in [2.24, 2.45) is 5.92 Å². The second kappa shape index (κ2) is 4.99. The molecule has 0 heterocycles. The van der Waals surface area contributed by atoms with E-state index in [1.165, 1.54) is 0 Å². The van der Waals surface area contributed by atoms with Crippen LogP contribution in [0.25, 0.3) is 0 Å². The molecule has 1 aliphatic rings. The van der Waals surface area contributed by atoms with Crippen LogP contribution in [0.3, 0.4) is 0 Å². The van der Waals surface area contributed by atoms with Crippen LogP contribution in [0.15, 0.2) is 29.2 Å². The molecule has 2 unspecified atom stereocenters. The third-order valence-electron chi connectivity index (χ3n) is 4.19. The van der Waals surface area contributed by atoms with E-state index in [1.54, 1.807) is 19.1 Å². The lowest BCUT2D eigenvalue weighted by molar-refractivity contribution is -0.120. The largest absolute Gasteiger partial charge is 0.299 e. The number of ketones is 1. The summed E-state index contributed by atoms with van der Waals surface area (Å²) in [5, 5.41) is -0.560. The molecule has 4 heteroatoms. The minimum Gasteiger partial charge on any atom is -0.299 e. The molecule has 0 spiro atoms. The molecule has 0 saturated heterocycles. The topological polar surface area (TPSA) is 51.2 Å². The van der Waals surface area contributed by atoms with Gasteiger partial charge in [0.2, 0.25) is 0 Å². The van der Waals surface area contributed by atoms with Crippen LogP contribution in [-0.4, -0.2) is 19.5 Å². The predicted molar refractivity (Wildman–Crippen MR) is 79.5 cm³/mol. The number of Topliss-reactive ketones (excluding diaryl/α,β-unsaturated/α-hetero) is 1. The normalized spacial score (nSPS) is 24.1. The zero-order valence-electron chi connectivity index (χ0n) is 12.5. The third kappa shape index (κ3) is 2.66. The van der Waals surface area contributed by atoms with Gasteiger partial charge in [-0.05, 0) is 29.5 Å². The lowest BCUT2D eigenvalue weighted by atomic mass is 9.87. The highest BCUT2D eigenvalue weighted by atomic mass is 32.2. The second-order valence-electron chi connectivity index (χ2n) is 6.65. The standard InChI is InChI=1S/C16H22O3S/c1-11-14(17)9-10-15(11)20(18,19)13-7-5-12(6-8-13)16(2,3)4/h5-8,11,15H,9-10H2,1-4H3. The van der Waals surface area contributed by atoms with Gasteiger partial charge < -0.3 is 0 Å². The van der Waals surface area contributed by atoms with Crippen LogP contribution >= 0.6 is 0 Å². The van der Waals surface area contributed by atoms with Gasteiger partial charge in [0.15, 0.2) is 9.84 Å². The molecule has 1 aliphatic carbocycles.